The molecule has 0 radical (unpaired) electrons. The molecule has 0 bridgehead atoms. The summed E-state index contributed by atoms with van der Waals surface area (Å²) in [6.07, 6.45) is 0. The number of nitrogens with zero attached hydrogens (tertiary/aromatic N) is 2. The SMILES string of the molecule is COc1ccc2cc(-c3cc(C(=O)O)c4cc(S(=O)(=O)N(C)C)ccc4n3)oc2c1. The van der Waals surface area contributed by atoms with Crippen molar-refractivity contribution in [3.05, 3.63) is 54.1 Å². The van der Waals surface area contributed by atoms with Crippen LogP contribution >= 0.6 is 0 Å². The molecule has 0 unspecified atom stereocenters. The van der Waals surface area contributed by atoms with E-state index < -0.39 is 16.0 Å². The predicted octanol–water partition coefficient (Wildman–Crippen LogP) is 3.61. The third-order valence-electron chi connectivity index (χ3n) is 4.77. The highest BCUT2D eigenvalue weighted by molar-refractivity contribution is 7.89. The minimum Gasteiger partial charge on any atom is -0.497 e. The molecule has 0 aliphatic carbocycles. The minimum absolute atomic E-state index is 0.00659. The van der Waals surface area contributed by atoms with Gasteiger partial charge >= 0.3 is 5.97 Å². The second kappa shape index (κ2) is 7.12. The van der Waals surface area contributed by atoms with Crippen LogP contribution in [0, 0.1) is 0 Å². The summed E-state index contributed by atoms with van der Waals surface area (Å²) in [7, 11) is 0.665. The van der Waals surface area contributed by atoms with Crippen LogP contribution in [-0.4, -0.2) is 50.0 Å². The van der Waals surface area contributed by atoms with Gasteiger partial charge in [0.1, 0.15) is 17.0 Å². The minimum atomic E-state index is -3.71. The Bertz CT molecular complexity index is 1410. The lowest BCUT2D eigenvalue weighted by atomic mass is 10.1. The summed E-state index contributed by atoms with van der Waals surface area (Å²) in [6, 6.07) is 12.7. The zero-order chi connectivity index (χ0) is 21.6. The third kappa shape index (κ3) is 3.27. The molecular formula is C21H18N2O6S. The number of furan rings is 1. The maximum absolute atomic E-state index is 12.4. The lowest BCUT2D eigenvalue weighted by Crippen LogP contribution is -2.22. The summed E-state index contributed by atoms with van der Waals surface area (Å²) in [5.74, 6) is -0.163. The first-order valence-electron chi connectivity index (χ1n) is 8.89. The average Bonchev–Trinajstić information content (AvgIpc) is 3.15. The van der Waals surface area contributed by atoms with Crippen LogP contribution in [0.3, 0.4) is 0 Å². The molecular weight excluding hydrogens is 408 g/mol. The van der Waals surface area contributed by atoms with Crippen molar-refractivity contribution in [2.24, 2.45) is 0 Å². The second-order valence-electron chi connectivity index (χ2n) is 6.84. The highest BCUT2D eigenvalue weighted by atomic mass is 32.2. The summed E-state index contributed by atoms with van der Waals surface area (Å²) in [5.41, 5.74) is 1.19. The van der Waals surface area contributed by atoms with Crippen LogP contribution in [0.15, 0.2) is 57.8 Å². The van der Waals surface area contributed by atoms with Gasteiger partial charge in [-0.05, 0) is 42.5 Å². The molecule has 8 nitrogen and oxygen atoms in total. The molecule has 0 saturated heterocycles. The molecule has 4 rings (SSSR count). The Labute approximate surface area is 172 Å². The maximum Gasteiger partial charge on any atom is 0.336 e. The van der Waals surface area contributed by atoms with E-state index in [4.69, 9.17) is 9.15 Å². The maximum atomic E-state index is 12.4. The molecule has 0 fully saturated rings. The van der Waals surface area contributed by atoms with E-state index in [1.54, 1.807) is 25.3 Å². The summed E-state index contributed by atoms with van der Waals surface area (Å²) >= 11 is 0. The molecule has 2 heterocycles. The Morgan fingerprint density at radius 3 is 2.53 bits per heavy atom. The van der Waals surface area contributed by atoms with E-state index in [1.807, 2.05) is 6.07 Å². The first-order valence-corrected chi connectivity index (χ1v) is 10.3. The molecule has 0 aliphatic heterocycles. The van der Waals surface area contributed by atoms with Crippen LogP contribution in [0.4, 0.5) is 0 Å². The van der Waals surface area contributed by atoms with Crippen LogP contribution in [-0.2, 0) is 10.0 Å². The van der Waals surface area contributed by atoms with Gasteiger partial charge in [-0.25, -0.2) is 22.5 Å². The van der Waals surface area contributed by atoms with Crippen molar-refractivity contribution >= 4 is 37.9 Å². The van der Waals surface area contributed by atoms with Crippen molar-refractivity contribution in [3.8, 4) is 17.2 Å². The van der Waals surface area contributed by atoms with Crippen LogP contribution in [0.5, 0.6) is 5.75 Å². The number of aromatic nitrogens is 1. The van der Waals surface area contributed by atoms with Gasteiger partial charge in [0.05, 0.1) is 23.1 Å². The number of sulfonamides is 1. The number of aromatic carboxylic acids is 1. The molecule has 1 N–H and O–H groups in total. The molecule has 2 aromatic carbocycles. The Morgan fingerprint density at radius 1 is 1.10 bits per heavy atom. The van der Waals surface area contributed by atoms with Crippen molar-refractivity contribution in [3.63, 3.8) is 0 Å². The fourth-order valence-electron chi connectivity index (χ4n) is 3.14. The molecule has 0 saturated carbocycles. The second-order valence-corrected chi connectivity index (χ2v) is 8.99. The Morgan fingerprint density at radius 2 is 1.87 bits per heavy atom. The Hall–Kier alpha value is -3.43. The summed E-state index contributed by atoms with van der Waals surface area (Å²) in [5, 5.41) is 10.8. The quantitative estimate of drug-likeness (QED) is 0.519. The van der Waals surface area contributed by atoms with Gasteiger partial charge < -0.3 is 14.3 Å². The highest BCUT2D eigenvalue weighted by Crippen LogP contribution is 2.32. The van der Waals surface area contributed by atoms with E-state index in [1.165, 1.54) is 38.4 Å². The molecule has 154 valence electrons. The molecule has 9 heteroatoms. The van der Waals surface area contributed by atoms with Gasteiger partial charge in [0, 0.05) is 30.9 Å². The zero-order valence-corrected chi connectivity index (χ0v) is 17.2. The van der Waals surface area contributed by atoms with E-state index in [2.05, 4.69) is 4.98 Å². The lowest BCUT2D eigenvalue weighted by molar-refractivity contribution is 0.0699. The normalized spacial score (nSPS) is 12.0. The highest BCUT2D eigenvalue weighted by Gasteiger charge is 2.21. The molecule has 0 atom stereocenters. The molecule has 0 amide bonds. The van der Waals surface area contributed by atoms with Gasteiger partial charge in [-0.1, -0.05) is 0 Å². The number of fused-ring (bicyclic) bond motifs is 2. The molecule has 2 aromatic heterocycles. The Balaban J connectivity index is 1.92. The van der Waals surface area contributed by atoms with Crippen molar-refractivity contribution in [1.82, 2.24) is 9.29 Å². The van der Waals surface area contributed by atoms with E-state index in [0.717, 1.165) is 9.69 Å². The van der Waals surface area contributed by atoms with Gasteiger partial charge in [0.25, 0.3) is 0 Å². The monoisotopic (exact) mass is 426 g/mol. The van der Waals surface area contributed by atoms with Gasteiger partial charge in [-0.3, -0.25) is 0 Å². The van der Waals surface area contributed by atoms with Crippen LogP contribution < -0.4 is 4.74 Å². The van der Waals surface area contributed by atoms with Crippen LogP contribution in [0.2, 0.25) is 0 Å². The number of carboxylic acids is 1. The van der Waals surface area contributed by atoms with Gasteiger partial charge in [0.15, 0.2) is 5.76 Å². The fraction of sp³-hybridized carbons (Fsp3) is 0.143. The number of carboxylic acid groups (broad SMARTS) is 1. The van der Waals surface area contributed by atoms with Gasteiger partial charge in [0.2, 0.25) is 10.0 Å². The van der Waals surface area contributed by atoms with Crippen molar-refractivity contribution in [2.45, 2.75) is 4.90 Å². The number of ether oxygens (including phenoxy) is 1. The first kappa shape index (κ1) is 19.9. The zero-order valence-electron chi connectivity index (χ0n) is 16.4. The third-order valence-corrected chi connectivity index (χ3v) is 6.58. The van der Waals surface area contributed by atoms with E-state index in [0.29, 0.717) is 28.3 Å². The Kier molecular flexibility index (Phi) is 4.71. The number of rotatable bonds is 5. The summed E-state index contributed by atoms with van der Waals surface area (Å²) in [6.45, 7) is 0. The number of carbonyl (C=O) groups is 1. The molecule has 30 heavy (non-hydrogen) atoms. The molecule has 0 aliphatic rings. The largest absolute Gasteiger partial charge is 0.497 e. The summed E-state index contributed by atoms with van der Waals surface area (Å²) in [4.78, 5) is 16.4. The average molecular weight is 426 g/mol. The topological polar surface area (TPSA) is 110 Å². The van der Waals surface area contributed by atoms with E-state index in [9.17, 15) is 18.3 Å². The number of benzene rings is 2. The number of methoxy groups -OCH3 is 1. The number of hydrogen-bond donors (Lipinski definition) is 1. The van der Waals surface area contributed by atoms with E-state index >= 15 is 0 Å². The fourth-order valence-corrected chi connectivity index (χ4v) is 4.07. The van der Waals surface area contributed by atoms with E-state index in [-0.39, 0.29) is 15.8 Å². The van der Waals surface area contributed by atoms with Crippen molar-refractivity contribution < 1.29 is 27.5 Å². The number of pyridine rings is 1. The molecule has 4 aromatic rings. The standard InChI is InChI=1S/C21H18N2O6S/c1-23(2)30(26,27)14-6-7-17-15(10-14)16(21(24)25)11-18(22-17)20-8-12-4-5-13(28-3)9-19(12)29-20/h4-11H,1-3H3,(H,24,25). The molecule has 0 spiro atoms. The lowest BCUT2D eigenvalue weighted by Gasteiger charge is -2.12. The van der Waals surface area contributed by atoms with Gasteiger partial charge in [-0.2, -0.15) is 0 Å². The van der Waals surface area contributed by atoms with Crippen molar-refractivity contribution in [1.29, 1.82) is 0 Å². The predicted molar refractivity (Wildman–Crippen MR) is 111 cm³/mol. The van der Waals surface area contributed by atoms with Crippen LogP contribution in [0.1, 0.15) is 10.4 Å². The first-order chi connectivity index (χ1) is 14.2. The summed E-state index contributed by atoms with van der Waals surface area (Å²) < 4.78 is 37.0. The van der Waals surface area contributed by atoms with Crippen LogP contribution in [0.25, 0.3) is 33.3 Å². The van der Waals surface area contributed by atoms with Crippen molar-refractivity contribution in [2.75, 3.05) is 21.2 Å². The smallest absolute Gasteiger partial charge is 0.336 e. The van der Waals surface area contributed by atoms with Gasteiger partial charge in [-0.15, -0.1) is 0 Å². The number of hydrogen-bond acceptors (Lipinski definition) is 6.